The Morgan fingerprint density at radius 2 is 1.90 bits per heavy atom. The Kier molecular flexibility index (Phi) is 8.12. The number of hydrogen-bond acceptors (Lipinski definition) is 8. The van der Waals surface area contributed by atoms with E-state index in [1.807, 2.05) is 30.3 Å². The number of hydrogen-bond donors (Lipinski definition) is 2. The summed E-state index contributed by atoms with van der Waals surface area (Å²) in [6.07, 6.45) is 4.36. The summed E-state index contributed by atoms with van der Waals surface area (Å²) in [5.74, 6) is 2.66. The predicted molar refractivity (Wildman–Crippen MR) is 154 cm³/mol. The molecular formula is C29H27N4O8P. The van der Waals surface area contributed by atoms with Crippen LogP contribution in [0.25, 0.3) is 23.4 Å². The topological polar surface area (TPSA) is 153 Å². The molecule has 3 heterocycles. The molecule has 0 aliphatic carbocycles. The van der Waals surface area contributed by atoms with Crippen LogP contribution < -0.4 is 14.4 Å². The largest absolute Gasteiger partial charge is 0.493 e. The highest BCUT2D eigenvalue weighted by atomic mass is 31.2. The van der Waals surface area contributed by atoms with Gasteiger partial charge in [-0.3, -0.25) is 14.3 Å². The SMILES string of the molecule is COc1cc(C(=O)N(C)c2nn(-c3ccccc3)cc2C=CP(=O)(O)O)ccc1OCc1nc(-c2ccco2)oc1C. The van der Waals surface area contributed by atoms with Crippen LogP contribution in [-0.4, -0.2) is 44.6 Å². The van der Waals surface area contributed by atoms with Gasteiger partial charge in [-0.25, -0.2) is 9.67 Å². The van der Waals surface area contributed by atoms with Gasteiger partial charge in [0.15, 0.2) is 23.1 Å². The number of amides is 1. The van der Waals surface area contributed by atoms with Crippen LogP contribution in [0.2, 0.25) is 0 Å². The highest BCUT2D eigenvalue weighted by Gasteiger charge is 2.22. The molecule has 1 amide bonds. The first-order chi connectivity index (χ1) is 20.1. The average molecular weight is 591 g/mol. The van der Waals surface area contributed by atoms with Gasteiger partial charge in [-0.2, -0.15) is 0 Å². The number of aryl methyl sites for hydroxylation is 1. The first kappa shape index (κ1) is 28.6. The summed E-state index contributed by atoms with van der Waals surface area (Å²) in [6.45, 7) is 1.86. The Bertz CT molecular complexity index is 1770. The molecule has 42 heavy (non-hydrogen) atoms. The molecule has 0 saturated heterocycles. The number of rotatable bonds is 10. The van der Waals surface area contributed by atoms with Crippen molar-refractivity contribution in [2.75, 3.05) is 19.1 Å². The zero-order valence-corrected chi connectivity index (χ0v) is 23.8. The molecule has 0 atom stereocenters. The molecule has 216 valence electrons. The molecule has 0 spiro atoms. The summed E-state index contributed by atoms with van der Waals surface area (Å²) in [5, 5.41) is 4.52. The molecule has 5 aromatic rings. The second-order valence-corrected chi connectivity index (χ2v) is 10.6. The number of methoxy groups -OCH3 is 1. The lowest BCUT2D eigenvalue weighted by Gasteiger charge is -2.17. The normalized spacial score (nSPS) is 11.6. The smallest absolute Gasteiger partial charge is 0.349 e. The zero-order valence-electron chi connectivity index (χ0n) is 22.9. The van der Waals surface area contributed by atoms with Crippen molar-refractivity contribution in [2.45, 2.75) is 13.5 Å². The van der Waals surface area contributed by atoms with Crippen LogP contribution in [0.15, 0.2) is 87.8 Å². The lowest BCUT2D eigenvalue weighted by molar-refractivity contribution is 0.0991. The van der Waals surface area contributed by atoms with Gasteiger partial charge in [-0.15, -0.1) is 5.10 Å². The molecule has 0 saturated carbocycles. The van der Waals surface area contributed by atoms with E-state index in [2.05, 4.69) is 10.1 Å². The lowest BCUT2D eigenvalue weighted by atomic mass is 10.1. The van der Waals surface area contributed by atoms with Gasteiger partial charge in [0.05, 0.1) is 19.1 Å². The van der Waals surface area contributed by atoms with E-state index < -0.39 is 13.5 Å². The van der Waals surface area contributed by atoms with E-state index in [-0.39, 0.29) is 18.0 Å². The minimum Gasteiger partial charge on any atom is -0.493 e. The third-order valence-electron chi connectivity index (χ3n) is 6.21. The fraction of sp³-hybridized carbons (Fsp3) is 0.138. The summed E-state index contributed by atoms with van der Waals surface area (Å²) in [5.41, 5.74) is 1.89. The molecule has 0 aliphatic rings. The van der Waals surface area contributed by atoms with E-state index in [0.29, 0.717) is 45.9 Å². The van der Waals surface area contributed by atoms with Gasteiger partial charge in [0.1, 0.15) is 18.1 Å². The van der Waals surface area contributed by atoms with Crippen LogP contribution in [0.4, 0.5) is 5.82 Å². The van der Waals surface area contributed by atoms with E-state index in [1.54, 1.807) is 37.4 Å². The molecule has 2 N–H and O–H groups in total. The Hall–Kier alpha value is -4.90. The number of furan rings is 1. The van der Waals surface area contributed by atoms with Crippen LogP contribution >= 0.6 is 7.60 Å². The van der Waals surface area contributed by atoms with Crippen molar-refractivity contribution in [3.05, 3.63) is 102 Å². The third-order valence-corrected chi connectivity index (χ3v) is 6.75. The molecule has 0 aliphatic heterocycles. The van der Waals surface area contributed by atoms with Crippen molar-refractivity contribution in [1.82, 2.24) is 14.8 Å². The molecule has 5 rings (SSSR count). The van der Waals surface area contributed by atoms with Gasteiger partial charge in [0.25, 0.3) is 11.8 Å². The number of benzene rings is 2. The van der Waals surface area contributed by atoms with E-state index >= 15 is 0 Å². The minimum absolute atomic E-state index is 0.0891. The van der Waals surface area contributed by atoms with Crippen LogP contribution in [0, 0.1) is 6.92 Å². The molecule has 2 aromatic carbocycles. The summed E-state index contributed by atoms with van der Waals surface area (Å²) in [6, 6.07) is 17.4. The molecule has 12 nitrogen and oxygen atoms in total. The fourth-order valence-electron chi connectivity index (χ4n) is 4.07. The maximum absolute atomic E-state index is 13.5. The maximum atomic E-state index is 13.5. The van der Waals surface area contributed by atoms with Crippen LogP contribution in [0.5, 0.6) is 11.5 Å². The highest BCUT2D eigenvalue weighted by Crippen LogP contribution is 2.38. The first-order valence-electron chi connectivity index (χ1n) is 12.6. The summed E-state index contributed by atoms with van der Waals surface area (Å²) < 4.78 is 35.5. The van der Waals surface area contributed by atoms with E-state index in [4.69, 9.17) is 18.3 Å². The Morgan fingerprint density at radius 1 is 1.12 bits per heavy atom. The van der Waals surface area contributed by atoms with Crippen LogP contribution in [-0.2, 0) is 11.2 Å². The molecule has 0 unspecified atom stereocenters. The maximum Gasteiger partial charge on any atom is 0.349 e. The van der Waals surface area contributed by atoms with Crippen molar-refractivity contribution >= 4 is 25.4 Å². The highest BCUT2D eigenvalue weighted by molar-refractivity contribution is 7.55. The van der Waals surface area contributed by atoms with E-state index in [0.717, 1.165) is 5.82 Å². The van der Waals surface area contributed by atoms with Crippen molar-refractivity contribution < 1.29 is 37.5 Å². The number of carbonyl (C=O) groups excluding carboxylic acids is 1. The molecule has 0 bridgehead atoms. The van der Waals surface area contributed by atoms with Crippen molar-refractivity contribution in [2.24, 2.45) is 0 Å². The van der Waals surface area contributed by atoms with Gasteiger partial charge < -0.3 is 28.1 Å². The molecule has 13 heteroatoms. The third kappa shape index (κ3) is 6.36. The van der Waals surface area contributed by atoms with Gasteiger partial charge in [-0.05, 0) is 55.5 Å². The molecular weight excluding hydrogens is 563 g/mol. The number of ether oxygens (including phenoxy) is 2. The van der Waals surface area contributed by atoms with Gasteiger partial charge >= 0.3 is 7.60 Å². The van der Waals surface area contributed by atoms with Gasteiger partial charge in [-0.1, -0.05) is 18.2 Å². The van der Waals surface area contributed by atoms with Crippen molar-refractivity contribution in [3.8, 4) is 28.8 Å². The second kappa shape index (κ2) is 11.9. The average Bonchev–Trinajstić information content (AvgIpc) is 3.74. The van der Waals surface area contributed by atoms with Gasteiger partial charge in [0, 0.05) is 30.2 Å². The second-order valence-electron chi connectivity index (χ2n) is 9.11. The number of oxazole rings is 1. The number of aromatic nitrogens is 3. The Balaban J connectivity index is 1.38. The zero-order chi connectivity index (χ0) is 29.9. The van der Waals surface area contributed by atoms with E-state index in [9.17, 15) is 19.1 Å². The molecule has 0 fully saturated rings. The summed E-state index contributed by atoms with van der Waals surface area (Å²) in [4.78, 5) is 38.0. The quantitative estimate of drug-likeness (QED) is 0.201. The summed E-state index contributed by atoms with van der Waals surface area (Å²) in [7, 11) is -1.47. The number of anilines is 1. The van der Waals surface area contributed by atoms with Gasteiger partial charge in [0.2, 0.25) is 0 Å². The van der Waals surface area contributed by atoms with Crippen molar-refractivity contribution in [1.29, 1.82) is 0 Å². The lowest BCUT2D eigenvalue weighted by Crippen LogP contribution is -2.27. The van der Waals surface area contributed by atoms with Crippen molar-refractivity contribution in [3.63, 3.8) is 0 Å². The standard InChI is InChI=1S/C29H27N4O8P/c1-19-23(30-28(41-19)25-10-7-14-39-25)18-40-24-12-11-20(16-26(24)38-3)29(34)32(2)27-21(13-15-42(35,36)37)17-33(31-27)22-8-5-4-6-9-22/h4-17H,18H2,1-3H3,(H2,35,36,37). The number of para-hydroxylation sites is 1. The number of nitrogens with zero attached hydrogens (tertiary/aromatic N) is 4. The summed E-state index contributed by atoms with van der Waals surface area (Å²) >= 11 is 0. The number of carbonyl (C=O) groups is 1. The Labute approximate surface area is 240 Å². The first-order valence-corrected chi connectivity index (χ1v) is 14.3. The molecule has 0 radical (unpaired) electrons. The fourth-order valence-corrected chi connectivity index (χ4v) is 4.43. The van der Waals surface area contributed by atoms with Crippen LogP contribution in [0.1, 0.15) is 27.4 Å². The monoisotopic (exact) mass is 590 g/mol. The predicted octanol–water partition coefficient (Wildman–Crippen LogP) is 5.44. The Morgan fingerprint density at radius 3 is 2.60 bits per heavy atom. The van der Waals surface area contributed by atoms with Crippen LogP contribution in [0.3, 0.4) is 0 Å². The van der Waals surface area contributed by atoms with E-state index in [1.165, 1.54) is 42.1 Å². The minimum atomic E-state index is -4.45. The molecule has 3 aromatic heterocycles.